The Morgan fingerprint density at radius 2 is 1.22 bits per heavy atom. The summed E-state index contributed by atoms with van der Waals surface area (Å²) in [6, 6.07) is 18.6. The van der Waals surface area contributed by atoms with Crippen LogP contribution in [0.3, 0.4) is 0 Å². The van der Waals surface area contributed by atoms with E-state index in [2.05, 4.69) is 10.6 Å². The van der Waals surface area contributed by atoms with Crippen LogP contribution in [0.15, 0.2) is 60.7 Å². The van der Waals surface area contributed by atoms with Crippen molar-refractivity contribution in [1.29, 1.82) is 0 Å². The average molecular weight is 314 g/mol. The summed E-state index contributed by atoms with van der Waals surface area (Å²) in [6.07, 6.45) is 0.823. The molecule has 0 unspecified atom stereocenters. The zero-order chi connectivity index (χ0) is 16.9. The van der Waals surface area contributed by atoms with Crippen molar-refractivity contribution < 1.29 is 9.59 Å². The van der Waals surface area contributed by atoms with Crippen molar-refractivity contribution in [3.8, 4) is 0 Å². The molecule has 6 nitrogen and oxygen atoms in total. The zero-order valence-electron chi connectivity index (χ0n) is 12.9. The van der Waals surface area contributed by atoms with Gasteiger partial charge in [-0.1, -0.05) is 60.7 Å². The fourth-order valence-corrected chi connectivity index (χ4v) is 1.76. The predicted octanol–water partition coefficient (Wildman–Crippen LogP) is 1.75. The number of carbonyl (C=O) groups excluding carboxylic acids is 2. The maximum absolute atomic E-state index is 10.3. The molecule has 4 amide bonds. The number of benzene rings is 2. The van der Waals surface area contributed by atoms with E-state index in [9.17, 15) is 9.59 Å². The summed E-state index contributed by atoms with van der Waals surface area (Å²) in [7, 11) is 0. The molecule has 0 spiro atoms. The van der Waals surface area contributed by atoms with E-state index >= 15 is 0 Å². The Hall–Kier alpha value is -3.02. The lowest BCUT2D eigenvalue weighted by Crippen LogP contribution is -2.30. The minimum atomic E-state index is -0.492. The van der Waals surface area contributed by atoms with Crippen molar-refractivity contribution in [2.45, 2.75) is 13.0 Å². The Morgan fingerprint density at radius 1 is 0.739 bits per heavy atom. The molecule has 2 aromatic carbocycles. The van der Waals surface area contributed by atoms with Gasteiger partial charge in [0.15, 0.2) is 0 Å². The van der Waals surface area contributed by atoms with E-state index in [4.69, 9.17) is 11.5 Å². The number of rotatable bonds is 5. The highest BCUT2D eigenvalue weighted by Crippen LogP contribution is 1.98. The van der Waals surface area contributed by atoms with Crippen molar-refractivity contribution in [3.63, 3.8) is 0 Å². The van der Waals surface area contributed by atoms with Gasteiger partial charge in [-0.15, -0.1) is 0 Å². The molecule has 0 saturated heterocycles. The first-order valence-corrected chi connectivity index (χ1v) is 7.22. The van der Waals surface area contributed by atoms with Gasteiger partial charge in [0.1, 0.15) is 0 Å². The van der Waals surface area contributed by atoms with Crippen LogP contribution in [0, 0.1) is 0 Å². The number of primary amides is 2. The van der Waals surface area contributed by atoms with Crippen LogP contribution in [0.1, 0.15) is 11.1 Å². The molecule has 0 atom stereocenters. The largest absolute Gasteiger partial charge is 0.352 e. The molecule has 122 valence electrons. The normalized spacial score (nSPS) is 9.22. The van der Waals surface area contributed by atoms with Gasteiger partial charge in [0.2, 0.25) is 0 Å². The Balaban J connectivity index is 0.000000231. The van der Waals surface area contributed by atoms with Gasteiger partial charge in [0.25, 0.3) is 0 Å². The minimum Gasteiger partial charge on any atom is -0.352 e. The molecule has 0 aromatic heterocycles. The predicted molar refractivity (Wildman–Crippen MR) is 90.6 cm³/mol. The fourth-order valence-electron chi connectivity index (χ4n) is 1.76. The summed E-state index contributed by atoms with van der Waals surface area (Å²) in [5.74, 6) is 0. The second kappa shape index (κ2) is 10.7. The molecule has 2 rings (SSSR count). The monoisotopic (exact) mass is 314 g/mol. The Morgan fingerprint density at radius 3 is 1.70 bits per heavy atom. The molecule has 0 aliphatic heterocycles. The van der Waals surface area contributed by atoms with Crippen molar-refractivity contribution in [2.75, 3.05) is 6.54 Å². The summed E-state index contributed by atoms with van der Waals surface area (Å²) >= 11 is 0. The van der Waals surface area contributed by atoms with Crippen LogP contribution in [-0.4, -0.2) is 18.6 Å². The molecule has 0 aliphatic carbocycles. The second-order valence-electron chi connectivity index (χ2n) is 4.73. The quantitative estimate of drug-likeness (QED) is 0.674. The lowest BCUT2D eigenvalue weighted by molar-refractivity contribution is 0.248. The van der Waals surface area contributed by atoms with E-state index in [0.29, 0.717) is 13.1 Å². The standard InChI is InChI=1S/C9H12N2O.C8H10N2O/c10-9(12)11-7-6-8-4-2-1-3-5-8;9-8(11)10-6-7-4-2-1-3-5-7/h1-5H,6-7H2,(H3,10,11,12);1-5H,6H2,(H3,9,10,11). The molecule has 0 heterocycles. The lowest BCUT2D eigenvalue weighted by atomic mass is 10.1. The first kappa shape index (κ1) is 18.0. The molecule has 6 N–H and O–H groups in total. The molecular formula is C17H22N4O2. The second-order valence-corrected chi connectivity index (χ2v) is 4.73. The van der Waals surface area contributed by atoms with Crippen molar-refractivity contribution >= 4 is 12.1 Å². The highest BCUT2D eigenvalue weighted by Gasteiger charge is 1.93. The Kier molecular flexibility index (Phi) is 8.36. The van der Waals surface area contributed by atoms with E-state index < -0.39 is 12.1 Å². The number of carbonyl (C=O) groups is 2. The van der Waals surface area contributed by atoms with Crippen molar-refractivity contribution in [2.24, 2.45) is 11.5 Å². The number of urea groups is 2. The van der Waals surface area contributed by atoms with E-state index in [0.717, 1.165) is 12.0 Å². The highest BCUT2D eigenvalue weighted by atomic mass is 16.2. The van der Waals surface area contributed by atoms with E-state index in [-0.39, 0.29) is 0 Å². The van der Waals surface area contributed by atoms with E-state index in [1.54, 1.807) is 0 Å². The summed E-state index contributed by atoms with van der Waals surface area (Å²) in [5, 5.41) is 5.03. The molecule has 0 aliphatic rings. The third kappa shape index (κ3) is 9.52. The number of nitrogens with one attached hydrogen (secondary N) is 2. The minimum absolute atomic E-state index is 0.467. The maximum Gasteiger partial charge on any atom is 0.312 e. The van der Waals surface area contributed by atoms with Crippen LogP contribution < -0.4 is 22.1 Å². The lowest BCUT2D eigenvalue weighted by Gasteiger charge is -2.00. The molecule has 0 fully saturated rings. The molecule has 2 aromatic rings. The molecule has 0 saturated carbocycles. The SMILES string of the molecule is NC(=O)NCCc1ccccc1.NC(=O)NCc1ccccc1. The maximum atomic E-state index is 10.3. The third-order valence-electron chi connectivity index (χ3n) is 2.87. The van der Waals surface area contributed by atoms with Crippen LogP contribution in [0.5, 0.6) is 0 Å². The topological polar surface area (TPSA) is 110 Å². The summed E-state index contributed by atoms with van der Waals surface area (Å²) in [6.45, 7) is 1.09. The van der Waals surface area contributed by atoms with Gasteiger partial charge in [-0.3, -0.25) is 0 Å². The number of amides is 4. The van der Waals surface area contributed by atoms with Gasteiger partial charge < -0.3 is 22.1 Å². The Bertz CT molecular complexity index is 588. The van der Waals surface area contributed by atoms with Gasteiger partial charge in [-0.25, -0.2) is 9.59 Å². The molecule has 0 radical (unpaired) electrons. The molecule has 0 bridgehead atoms. The van der Waals surface area contributed by atoms with Crippen LogP contribution in [0.2, 0.25) is 0 Å². The zero-order valence-corrected chi connectivity index (χ0v) is 12.9. The van der Waals surface area contributed by atoms with Gasteiger partial charge in [0.05, 0.1) is 0 Å². The Labute approximate surface area is 135 Å². The van der Waals surface area contributed by atoms with E-state index in [1.807, 2.05) is 60.7 Å². The summed E-state index contributed by atoms with van der Waals surface area (Å²) in [4.78, 5) is 20.6. The first-order valence-electron chi connectivity index (χ1n) is 7.22. The molecular weight excluding hydrogens is 292 g/mol. The highest BCUT2D eigenvalue weighted by molar-refractivity contribution is 5.71. The smallest absolute Gasteiger partial charge is 0.312 e. The van der Waals surface area contributed by atoms with Crippen molar-refractivity contribution in [3.05, 3.63) is 71.8 Å². The number of hydrogen-bond donors (Lipinski definition) is 4. The van der Waals surface area contributed by atoms with Gasteiger partial charge in [0, 0.05) is 13.1 Å². The first-order chi connectivity index (χ1) is 11.1. The van der Waals surface area contributed by atoms with Gasteiger partial charge >= 0.3 is 12.1 Å². The van der Waals surface area contributed by atoms with E-state index in [1.165, 1.54) is 5.56 Å². The average Bonchev–Trinajstić information content (AvgIpc) is 2.55. The number of hydrogen-bond acceptors (Lipinski definition) is 2. The van der Waals surface area contributed by atoms with Crippen LogP contribution >= 0.6 is 0 Å². The van der Waals surface area contributed by atoms with Crippen LogP contribution in [0.4, 0.5) is 9.59 Å². The summed E-state index contributed by atoms with van der Waals surface area (Å²) in [5.41, 5.74) is 12.0. The third-order valence-corrected chi connectivity index (χ3v) is 2.87. The van der Waals surface area contributed by atoms with Crippen molar-refractivity contribution in [1.82, 2.24) is 10.6 Å². The van der Waals surface area contributed by atoms with Crippen LogP contribution in [-0.2, 0) is 13.0 Å². The summed E-state index contributed by atoms with van der Waals surface area (Å²) < 4.78 is 0. The van der Waals surface area contributed by atoms with Gasteiger partial charge in [-0.2, -0.15) is 0 Å². The number of nitrogens with two attached hydrogens (primary N) is 2. The van der Waals surface area contributed by atoms with Gasteiger partial charge in [-0.05, 0) is 17.5 Å². The molecule has 23 heavy (non-hydrogen) atoms. The van der Waals surface area contributed by atoms with Crippen LogP contribution in [0.25, 0.3) is 0 Å². The molecule has 6 heteroatoms. The fraction of sp³-hybridized carbons (Fsp3) is 0.176.